The molecule has 2 rings (SSSR count). The molecule has 0 aliphatic heterocycles. The average molecular weight is 421 g/mol. The Balaban J connectivity index is 2.09. The van der Waals surface area contributed by atoms with Crippen molar-refractivity contribution in [1.29, 1.82) is 0 Å². The number of carbonyl (C=O) groups excluding carboxylic acids is 1. The zero-order valence-corrected chi connectivity index (χ0v) is 15.0. The van der Waals surface area contributed by atoms with Crippen LogP contribution >= 0.6 is 15.9 Å². The van der Waals surface area contributed by atoms with Gasteiger partial charge in [-0.05, 0) is 29.8 Å². The number of aryl methyl sites for hydroxylation is 1. The summed E-state index contributed by atoms with van der Waals surface area (Å²) in [6.07, 6.45) is -1.34. The van der Waals surface area contributed by atoms with Gasteiger partial charge in [0.05, 0.1) is 21.6 Å². The van der Waals surface area contributed by atoms with E-state index in [9.17, 15) is 23.7 Å². The molecule has 0 saturated heterocycles. The van der Waals surface area contributed by atoms with Gasteiger partial charge >= 0.3 is 5.69 Å². The van der Waals surface area contributed by atoms with Gasteiger partial charge in [0.1, 0.15) is 12.2 Å². The molecule has 0 atom stereocenters. The molecule has 25 heavy (non-hydrogen) atoms. The van der Waals surface area contributed by atoms with Crippen molar-refractivity contribution in [3.05, 3.63) is 37.9 Å². The molecule has 0 aromatic carbocycles. The number of nitrogens with zero attached hydrogens (tertiary/aromatic N) is 5. The highest BCUT2D eigenvalue weighted by Crippen LogP contribution is 2.30. The van der Waals surface area contributed by atoms with E-state index in [0.717, 1.165) is 9.15 Å². The molecule has 0 bridgehead atoms. The minimum atomic E-state index is -3.10. The van der Waals surface area contributed by atoms with Crippen LogP contribution in [0.4, 0.5) is 14.5 Å². The maximum atomic E-state index is 12.9. The van der Waals surface area contributed by atoms with Gasteiger partial charge in [-0.15, -0.1) is 0 Å². The first-order valence-corrected chi connectivity index (χ1v) is 8.02. The fourth-order valence-corrected chi connectivity index (χ4v) is 2.64. The normalized spacial score (nSPS) is 11.1. The number of aromatic nitrogens is 4. The van der Waals surface area contributed by atoms with Gasteiger partial charge in [0.15, 0.2) is 0 Å². The van der Waals surface area contributed by atoms with E-state index in [-0.39, 0.29) is 12.2 Å². The van der Waals surface area contributed by atoms with E-state index in [4.69, 9.17) is 0 Å². The predicted molar refractivity (Wildman–Crippen MR) is 86.0 cm³/mol. The third-order valence-corrected chi connectivity index (χ3v) is 4.11. The molecule has 9 nitrogen and oxygen atoms in total. The highest BCUT2D eigenvalue weighted by molar-refractivity contribution is 9.10. The Hall–Kier alpha value is -2.37. The second-order valence-electron chi connectivity index (χ2n) is 5.09. The SMILES string of the molecule is CCn1cc(Br)c(CNC(=O)Cn2nc(C(F)F)c([N+](=O)[O-])c2C)n1. The summed E-state index contributed by atoms with van der Waals surface area (Å²) in [5, 5.41) is 21.2. The van der Waals surface area contributed by atoms with Gasteiger partial charge in [0.25, 0.3) is 6.43 Å². The van der Waals surface area contributed by atoms with Crippen molar-refractivity contribution in [3.63, 3.8) is 0 Å². The third kappa shape index (κ3) is 4.18. The molecule has 1 amide bonds. The lowest BCUT2D eigenvalue weighted by atomic mass is 10.3. The Labute approximate surface area is 149 Å². The number of hydrogen-bond donors (Lipinski definition) is 1. The van der Waals surface area contributed by atoms with Crippen LogP contribution in [0.25, 0.3) is 0 Å². The zero-order valence-electron chi connectivity index (χ0n) is 13.4. The van der Waals surface area contributed by atoms with Gasteiger partial charge < -0.3 is 5.32 Å². The van der Waals surface area contributed by atoms with Gasteiger partial charge in [0, 0.05) is 12.7 Å². The standard InChI is InChI=1S/C13H15BrF2N6O3/c1-3-20-5-8(14)9(18-20)4-17-10(23)6-21-7(2)12(22(24)25)11(19-21)13(15)16/h5,13H,3-4,6H2,1-2H3,(H,17,23). The van der Waals surface area contributed by atoms with Crippen LogP contribution in [0.5, 0.6) is 0 Å². The van der Waals surface area contributed by atoms with Crippen molar-refractivity contribution in [2.75, 3.05) is 0 Å². The highest BCUT2D eigenvalue weighted by Gasteiger charge is 2.31. The fourth-order valence-electron chi connectivity index (χ4n) is 2.18. The smallest absolute Gasteiger partial charge is 0.319 e. The van der Waals surface area contributed by atoms with Crippen LogP contribution in [0, 0.1) is 17.0 Å². The summed E-state index contributed by atoms with van der Waals surface area (Å²) in [7, 11) is 0. The van der Waals surface area contributed by atoms with Crippen LogP contribution in [0.3, 0.4) is 0 Å². The number of nitrogens with one attached hydrogen (secondary N) is 1. The van der Waals surface area contributed by atoms with Crippen LogP contribution in [-0.4, -0.2) is 30.4 Å². The van der Waals surface area contributed by atoms with Gasteiger partial charge in [0.2, 0.25) is 11.6 Å². The molecular weight excluding hydrogens is 406 g/mol. The van der Waals surface area contributed by atoms with Crippen LogP contribution < -0.4 is 5.32 Å². The number of halogens is 3. The molecule has 0 spiro atoms. The Bertz CT molecular complexity index is 804. The van der Waals surface area contributed by atoms with E-state index in [1.807, 2.05) is 6.92 Å². The predicted octanol–water partition coefficient (Wildman–Crippen LogP) is 2.33. The monoisotopic (exact) mass is 420 g/mol. The first-order chi connectivity index (χ1) is 11.7. The van der Waals surface area contributed by atoms with Crippen molar-refractivity contribution in [2.24, 2.45) is 0 Å². The fraction of sp³-hybridized carbons (Fsp3) is 0.462. The second-order valence-corrected chi connectivity index (χ2v) is 5.95. The van der Waals surface area contributed by atoms with Crippen LogP contribution in [0.2, 0.25) is 0 Å². The van der Waals surface area contributed by atoms with Crippen molar-refractivity contribution in [1.82, 2.24) is 24.9 Å². The summed E-state index contributed by atoms with van der Waals surface area (Å²) in [6.45, 7) is 3.56. The van der Waals surface area contributed by atoms with Crippen LogP contribution in [-0.2, 0) is 24.4 Å². The van der Waals surface area contributed by atoms with Gasteiger partial charge in [-0.2, -0.15) is 10.2 Å². The van der Waals surface area contributed by atoms with E-state index in [2.05, 4.69) is 31.4 Å². The van der Waals surface area contributed by atoms with E-state index in [1.54, 1.807) is 10.9 Å². The molecular formula is C13H15BrF2N6O3. The lowest BCUT2D eigenvalue weighted by molar-refractivity contribution is -0.386. The summed E-state index contributed by atoms with van der Waals surface area (Å²) >= 11 is 3.32. The molecule has 2 aromatic rings. The molecule has 2 aromatic heterocycles. The lowest BCUT2D eigenvalue weighted by Gasteiger charge is -2.05. The largest absolute Gasteiger partial charge is 0.349 e. The minimum absolute atomic E-state index is 0.105. The quantitative estimate of drug-likeness (QED) is 0.546. The Morgan fingerprint density at radius 3 is 2.64 bits per heavy atom. The second kappa shape index (κ2) is 7.68. The molecule has 12 heteroatoms. The highest BCUT2D eigenvalue weighted by atomic mass is 79.9. The summed E-state index contributed by atoms with van der Waals surface area (Å²) in [5.74, 6) is -0.528. The molecule has 0 saturated carbocycles. The maximum Gasteiger partial charge on any atom is 0.319 e. The Morgan fingerprint density at radius 2 is 2.16 bits per heavy atom. The van der Waals surface area contributed by atoms with Gasteiger partial charge in [-0.1, -0.05) is 0 Å². The van der Waals surface area contributed by atoms with E-state index >= 15 is 0 Å². The summed E-state index contributed by atoms with van der Waals surface area (Å²) in [5.41, 5.74) is -1.22. The Kier molecular flexibility index (Phi) is 5.82. The topological polar surface area (TPSA) is 108 Å². The van der Waals surface area contributed by atoms with Gasteiger partial charge in [-0.3, -0.25) is 24.3 Å². The molecule has 0 fully saturated rings. The molecule has 136 valence electrons. The molecule has 0 aliphatic carbocycles. The number of amides is 1. The minimum Gasteiger partial charge on any atom is -0.349 e. The lowest BCUT2D eigenvalue weighted by Crippen LogP contribution is -2.28. The number of rotatable bonds is 7. The van der Waals surface area contributed by atoms with E-state index < -0.39 is 35.2 Å². The number of nitro groups is 1. The van der Waals surface area contributed by atoms with Crippen LogP contribution in [0.15, 0.2) is 10.7 Å². The third-order valence-electron chi connectivity index (χ3n) is 3.45. The summed E-state index contributed by atoms with van der Waals surface area (Å²) in [4.78, 5) is 22.0. The number of carbonyl (C=O) groups is 1. The van der Waals surface area contributed by atoms with Crippen molar-refractivity contribution < 1.29 is 18.5 Å². The van der Waals surface area contributed by atoms with Crippen molar-refractivity contribution in [2.45, 2.75) is 39.9 Å². The zero-order chi connectivity index (χ0) is 18.7. The van der Waals surface area contributed by atoms with Crippen molar-refractivity contribution in [3.8, 4) is 0 Å². The first kappa shape index (κ1) is 19.0. The van der Waals surface area contributed by atoms with E-state index in [1.165, 1.54) is 6.92 Å². The summed E-state index contributed by atoms with van der Waals surface area (Å²) < 4.78 is 29.0. The summed E-state index contributed by atoms with van der Waals surface area (Å²) in [6, 6.07) is 0. The Morgan fingerprint density at radius 1 is 1.48 bits per heavy atom. The van der Waals surface area contributed by atoms with Crippen molar-refractivity contribution >= 4 is 27.5 Å². The molecule has 0 radical (unpaired) electrons. The molecule has 2 heterocycles. The first-order valence-electron chi connectivity index (χ1n) is 7.22. The maximum absolute atomic E-state index is 12.9. The average Bonchev–Trinajstić information content (AvgIpc) is 3.06. The van der Waals surface area contributed by atoms with Gasteiger partial charge in [-0.25, -0.2) is 8.78 Å². The molecule has 1 N–H and O–H groups in total. The number of alkyl halides is 2. The van der Waals surface area contributed by atoms with E-state index in [0.29, 0.717) is 12.2 Å². The molecule has 0 aliphatic rings. The van der Waals surface area contributed by atoms with Crippen LogP contribution in [0.1, 0.15) is 30.4 Å². The molecule has 0 unspecified atom stereocenters. The number of hydrogen-bond acceptors (Lipinski definition) is 5.